The van der Waals surface area contributed by atoms with Crippen molar-refractivity contribution < 1.29 is 35.8 Å². The fourth-order valence-corrected chi connectivity index (χ4v) is 5.31. The lowest BCUT2D eigenvalue weighted by atomic mass is 9.94. The number of rotatable bonds is 12. The van der Waals surface area contributed by atoms with Crippen molar-refractivity contribution in [3.05, 3.63) is 102 Å². The van der Waals surface area contributed by atoms with Gasteiger partial charge >= 0.3 is 5.97 Å². The Bertz CT molecular complexity index is 1830. The van der Waals surface area contributed by atoms with E-state index in [0.717, 1.165) is 0 Å². The van der Waals surface area contributed by atoms with Gasteiger partial charge in [-0.2, -0.15) is 0 Å². The number of hydrogen-bond donors (Lipinski definition) is 3. The van der Waals surface area contributed by atoms with E-state index in [1.165, 1.54) is 24.3 Å². The number of para-hydroxylation sites is 1. The second-order valence-electron chi connectivity index (χ2n) is 12.2. The Labute approximate surface area is 271 Å². The predicted molar refractivity (Wildman–Crippen MR) is 175 cm³/mol. The number of hydrogen-bond acceptors (Lipinski definition) is 5. The first-order valence-corrected chi connectivity index (χ1v) is 14.9. The molecule has 3 N–H and O–H groups in total. The van der Waals surface area contributed by atoms with Crippen LogP contribution < -0.4 is 5.32 Å². The molecule has 2 unspecified atom stereocenters. The van der Waals surface area contributed by atoms with Crippen molar-refractivity contribution in [1.29, 1.82) is 0 Å². The van der Waals surface area contributed by atoms with Gasteiger partial charge in [0.25, 0.3) is 5.91 Å². The molecule has 1 heterocycles. The molecule has 3 aromatic carbocycles. The minimum Gasteiger partial charge on any atom is -0.460 e. The number of anilines is 1. The number of nitrogens with one attached hydrogen (secondary N) is 1. The van der Waals surface area contributed by atoms with Crippen molar-refractivity contribution in [2.45, 2.75) is 84.2 Å². The number of halogens is 1. The van der Waals surface area contributed by atoms with Gasteiger partial charge in [0, 0.05) is 23.5 Å². The summed E-state index contributed by atoms with van der Waals surface area (Å²) in [6, 6.07) is 11.2. The second kappa shape index (κ2) is 14.7. The first kappa shape index (κ1) is 27.1. The van der Waals surface area contributed by atoms with Gasteiger partial charge in [0.15, 0.2) is 0 Å². The average molecular weight is 620 g/mol. The Hall–Kier alpha value is -4.27. The van der Waals surface area contributed by atoms with Crippen LogP contribution in [0.5, 0.6) is 0 Å². The molecule has 0 aliphatic carbocycles. The van der Waals surface area contributed by atoms with E-state index < -0.39 is 65.7 Å². The Morgan fingerprint density at radius 2 is 1.60 bits per heavy atom. The van der Waals surface area contributed by atoms with E-state index >= 15 is 0 Å². The summed E-state index contributed by atoms with van der Waals surface area (Å²) in [5, 5.41) is 24.5. The molecule has 0 aliphatic rings. The Balaban J connectivity index is 1.93. The maximum absolute atomic E-state index is 14.4. The van der Waals surface area contributed by atoms with Gasteiger partial charge in [-0.3, -0.25) is 9.59 Å². The number of nitrogens with zero attached hydrogens (tertiary/aromatic N) is 1. The largest absolute Gasteiger partial charge is 0.460 e. The number of carbonyl (C=O) groups is 2. The van der Waals surface area contributed by atoms with Gasteiger partial charge in [-0.05, 0) is 87.1 Å². The molecule has 2 atom stereocenters. The van der Waals surface area contributed by atoms with E-state index in [0.29, 0.717) is 16.9 Å². The van der Waals surface area contributed by atoms with Crippen molar-refractivity contribution in [3.63, 3.8) is 0 Å². The SMILES string of the molecule is [2H]c1c([2H])c([2H])c(-c2c(C(=O)Nc3ccccc3)c(C(C)C)n(CCC(O)CC(O)CC(=O)OC(C)(C)C)c2-c2ccc(F)cc2)c([2H])c1[2H]. The van der Waals surface area contributed by atoms with Crippen LogP contribution in [0.4, 0.5) is 10.1 Å². The highest BCUT2D eigenvalue weighted by Crippen LogP contribution is 2.42. The van der Waals surface area contributed by atoms with E-state index in [1.54, 1.807) is 55.7 Å². The highest BCUT2D eigenvalue weighted by Gasteiger charge is 2.31. The number of carbonyl (C=O) groups excluding carboxylic acids is 2. The van der Waals surface area contributed by atoms with Gasteiger partial charge in [0.1, 0.15) is 11.4 Å². The summed E-state index contributed by atoms with van der Waals surface area (Å²) >= 11 is 0. The van der Waals surface area contributed by atoms with Crippen LogP contribution in [0, 0.1) is 5.82 Å². The Kier molecular flexibility index (Phi) is 8.83. The smallest absolute Gasteiger partial charge is 0.308 e. The third-order valence-electron chi connectivity index (χ3n) is 7.03. The minimum atomic E-state index is -1.19. The van der Waals surface area contributed by atoms with E-state index in [4.69, 9.17) is 11.6 Å². The van der Waals surface area contributed by atoms with Crippen LogP contribution in [0.25, 0.3) is 22.4 Å². The van der Waals surface area contributed by atoms with Crippen molar-refractivity contribution in [3.8, 4) is 22.4 Å². The van der Waals surface area contributed by atoms with Gasteiger partial charge < -0.3 is 24.8 Å². The molecule has 1 aromatic heterocycles. The quantitative estimate of drug-likeness (QED) is 0.142. The zero-order chi connectivity index (χ0) is 37.1. The molecular formula is C37H43FN2O5. The fraction of sp³-hybridized carbons (Fsp3) is 0.351. The normalized spacial score (nSPS) is 14.6. The molecular weight excluding hydrogens is 571 g/mol. The van der Waals surface area contributed by atoms with Gasteiger partial charge in [-0.15, -0.1) is 0 Å². The lowest BCUT2D eigenvalue weighted by Gasteiger charge is -2.22. The van der Waals surface area contributed by atoms with E-state index in [-0.39, 0.29) is 54.1 Å². The summed E-state index contributed by atoms with van der Waals surface area (Å²) in [4.78, 5) is 26.6. The van der Waals surface area contributed by atoms with Gasteiger partial charge in [0.2, 0.25) is 0 Å². The Morgan fingerprint density at radius 1 is 0.956 bits per heavy atom. The summed E-state index contributed by atoms with van der Waals surface area (Å²) in [6.45, 7) is 8.85. The Morgan fingerprint density at radius 3 is 2.20 bits per heavy atom. The van der Waals surface area contributed by atoms with Crippen molar-refractivity contribution >= 4 is 17.6 Å². The standard InChI is InChI=1S/C37H43FN2O5/c1-24(2)34-33(36(44)39-28-14-10-7-11-15-28)32(25-12-8-6-9-13-25)35(26-16-18-27(38)19-17-26)40(34)21-20-29(41)22-30(42)23-31(43)45-37(3,4)5/h6-19,24,29-30,41-42H,20-23H2,1-5H3,(H,39,44)/i6D,8D,9D,12D,13D. The molecule has 0 saturated carbocycles. The molecule has 0 spiro atoms. The van der Waals surface area contributed by atoms with Crippen molar-refractivity contribution in [2.75, 3.05) is 5.32 Å². The van der Waals surface area contributed by atoms with Crippen molar-refractivity contribution in [2.24, 2.45) is 0 Å². The lowest BCUT2D eigenvalue weighted by molar-refractivity contribution is -0.157. The second-order valence-corrected chi connectivity index (χ2v) is 12.2. The van der Waals surface area contributed by atoms with Crippen LogP contribution in [-0.4, -0.2) is 44.5 Å². The maximum Gasteiger partial charge on any atom is 0.308 e. The molecule has 45 heavy (non-hydrogen) atoms. The molecule has 4 rings (SSSR count). The highest BCUT2D eigenvalue weighted by atomic mass is 19.1. The number of benzene rings is 3. The van der Waals surface area contributed by atoms with Crippen molar-refractivity contribution in [1.82, 2.24) is 4.57 Å². The highest BCUT2D eigenvalue weighted by molar-refractivity contribution is 6.12. The van der Waals surface area contributed by atoms with E-state index in [1.807, 2.05) is 13.8 Å². The van der Waals surface area contributed by atoms with E-state index in [2.05, 4.69) is 5.32 Å². The van der Waals surface area contributed by atoms with Crippen LogP contribution in [0.1, 0.15) is 82.7 Å². The first-order chi connectivity index (χ1) is 23.4. The van der Waals surface area contributed by atoms with Crippen LogP contribution in [0.3, 0.4) is 0 Å². The molecule has 0 radical (unpaired) electrons. The number of ether oxygens (including phenoxy) is 1. The number of aliphatic hydroxyl groups excluding tert-OH is 2. The zero-order valence-electron chi connectivity index (χ0n) is 31.2. The summed E-state index contributed by atoms with van der Waals surface area (Å²) in [7, 11) is 0. The fourth-order valence-electron chi connectivity index (χ4n) is 5.31. The summed E-state index contributed by atoms with van der Waals surface area (Å²) < 4.78 is 64.1. The van der Waals surface area contributed by atoms with Gasteiger partial charge in [-0.1, -0.05) is 62.3 Å². The predicted octanol–water partition coefficient (Wildman–Crippen LogP) is 7.57. The molecule has 0 bridgehead atoms. The molecule has 7 nitrogen and oxygen atoms in total. The molecule has 1 amide bonds. The number of amides is 1. The summed E-state index contributed by atoms with van der Waals surface area (Å²) in [5.41, 5.74) is 0.760. The van der Waals surface area contributed by atoms with Crippen LogP contribution >= 0.6 is 0 Å². The minimum absolute atomic E-state index is 0.0354. The molecule has 8 heteroatoms. The average Bonchev–Trinajstić information content (AvgIpc) is 3.36. The topological polar surface area (TPSA) is 101 Å². The molecule has 238 valence electrons. The summed E-state index contributed by atoms with van der Waals surface area (Å²) in [5.74, 6) is -2.12. The molecule has 0 fully saturated rings. The van der Waals surface area contributed by atoms with Gasteiger partial charge in [0.05, 0.1) is 36.7 Å². The molecule has 4 aromatic rings. The molecule has 0 aliphatic heterocycles. The number of aliphatic hydroxyl groups is 2. The molecule has 0 saturated heterocycles. The van der Waals surface area contributed by atoms with Gasteiger partial charge in [-0.25, -0.2) is 4.39 Å². The maximum atomic E-state index is 14.4. The van der Waals surface area contributed by atoms with Crippen LogP contribution in [-0.2, 0) is 16.1 Å². The monoisotopic (exact) mass is 619 g/mol. The first-order valence-electron chi connectivity index (χ1n) is 17.4. The number of esters is 1. The third kappa shape index (κ3) is 8.90. The van der Waals surface area contributed by atoms with E-state index in [9.17, 15) is 24.2 Å². The number of aromatic nitrogens is 1. The van der Waals surface area contributed by atoms with Crippen LogP contribution in [0.15, 0.2) is 84.8 Å². The zero-order valence-corrected chi connectivity index (χ0v) is 26.2. The third-order valence-corrected chi connectivity index (χ3v) is 7.03. The lowest BCUT2D eigenvalue weighted by Crippen LogP contribution is -2.28. The van der Waals surface area contributed by atoms with Crippen LogP contribution in [0.2, 0.25) is 0 Å². The summed E-state index contributed by atoms with van der Waals surface area (Å²) in [6.07, 6.45) is -2.74.